The molecule has 0 unspecified atom stereocenters. The Hall–Kier alpha value is -2.91. The number of pyridine rings is 1. The zero-order valence-electron chi connectivity index (χ0n) is 11.7. The molecule has 6 heteroatoms. The summed E-state index contributed by atoms with van der Waals surface area (Å²) in [6, 6.07) is 12.1. The van der Waals surface area contributed by atoms with Crippen LogP contribution < -0.4 is 5.32 Å². The minimum atomic E-state index is 0.598. The van der Waals surface area contributed by atoms with Crippen LogP contribution in [0.5, 0.6) is 0 Å². The highest BCUT2D eigenvalue weighted by Gasteiger charge is 2.15. The molecule has 0 spiro atoms. The molecule has 3 aromatic heterocycles. The van der Waals surface area contributed by atoms with Gasteiger partial charge in [-0.1, -0.05) is 12.1 Å². The molecule has 4 rings (SSSR count). The molecule has 0 saturated carbocycles. The van der Waals surface area contributed by atoms with Crippen molar-refractivity contribution in [1.29, 1.82) is 5.26 Å². The Morgan fingerprint density at radius 1 is 1.32 bits per heavy atom. The van der Waals surface area contributed by atoms with Crippen LogP contribution in [0.2, 0.25) is 0 Å². The van der Waals surface area contributed by atoms with Gasteiger partial charge in [0.05, 0.1) is 16.6 Å². The summed E-state index contributed by atoms with van der Waals surface area (Å²) in [5.41, 5.74) is 3.99. The number of nitrogens with one attached hydrogen (secondary N) is 1. The second-order valence-corrected chi connectivity index (χ2v) is 5.82. The molecule has 0 aliphatic rings. The van der Waals surface area contributed by atoms with Crippen molar-refractivity contribution in [2.45, 2.75) is 6.92 Å². The Kier molecular flexibility index (Phi) is 2.81. The topological polar surface area (TPSA) is 66.0 Å². The molecule has 0 bridgehead atoms. The Morgan fingerprint density at radius 3 is 2.95 bits per heavy atom. The number of anilines is 2. The van der Waals surface area contributed by atoms with E-state index in [4.69, 9.17) is 0 Å². The van der Waals surface area contributed by atoms with Gasteiger partial charge >= 0.3 is 0 Å². The summed E-state index contributed by atoms with van der Waals surface area (Å²) in [5, 5.41) is 15.5. The maximum Gasteiger partial charge on any atom is 0.188 e. The summed E-state index contributed by atoms with van der Waals surface area (Å²) in [7, 11) is 0. The lowest BCUT2D eigenvalue weighted by molar-refractivity contribution is 1.18. The van der Waals surface area contributed by atoms with Crippen molar-refractivity contribution in [1.82, 2.24) is 14.4 Å². The monoisotopic (exact) mass is 305 g/mol. The zero-order chi connectivity index (χ0) is 15.1. The number of hydrogen-bond acceptors (Lipinski definition) is 5. The second kappa shape index (κ2) is 4.83. The standard InChI is InChI=1S/C16H11N5S/c1-10-8-14(20-16-18-6-7-22-16)21-13-5-3-2-4-12(13)19-15(21)11(10)9-17/h2-8H,1H3,(H,18,20). The molecule has 1 N–H and O–H groups in total. The Balaban J connectivity index is 2.09. The van der Waals surface area contributed by atoms with Crippen molar-refractivity contribution in [3.05, 3.63) is 53.0 Å². The first-order chi connectivity index (χ1) is 10.8. The van der Waals surface area contributed by atoms with E-state index >= 15 is 0 Å². The van der Waals surface area contributed by atoms with E-state index in [0.29, 0.717) is 11.2 Å². The van der Waals surface area contributed by atoms with Gasteiger partial charge in [0.1, 0.15) is 11.9 Å². The van der Waals surface area contributed by atoms with Gasteiger partial charge in [0.2, 0.25) is 0 Å². The number of imidazole rings is 1. The van der Waals surface area contributed by atoms with Crippen LogP contribution in [0.3, 0.4) is 0 Å². The number of para-hydroxylation sites is 2. The quantitative estimate of drug-likeness (QED) is 0.610. The van der Waals surface area contributed by atoms with Crippen LogP contribution in [0.15, 0.2) is 41.9 Å². The first kappa shape index (κ1) is 12.8. The van der Waals surface area contributed by atoms with E-state index in [1.807, 2.05) is 47.0 Å². The van der Waals surface area contributed by atoms with Crippen LogP contribution in [0.25, 0.3) is 16.7 Å². The molecule has 0 fully saturated rings. The summed E-state index contributed by atoms with van der Waals surface area (Å²) < 4.78 is 1.97. The lowest BCUT2D eigenvalue weighted by Crippen LogP contribution is -2.01. The second-order valence-electron chi connectivity index (χ2n) is 4.92. The van der Waals surface area contributed by atoms with Crippen LogP contribution in [0, 0.1) is 18.3 Å². The summed E-state index contributed by atoms with van der Waals surface area (Å²) in [6.07, 6.45) is 1.76. The SMILES string of the molecule is Cc1cc(Nc2nccs2)n2c(nc3ccccc32)c1C#N. The number of aromatic nitrogens is 3. The smallest absolute Gasteiger partial charge is 0.188 e. The van der Waals surface area contributed by atoms with Crippen LogP contribution in [-0.2, 0) is 0 Å². The lowest BCUT2D eigenvalue weighted by atomic mass is 10.1. The third-order valence-corrected chi connectivity index (χ3v) is 4.24. The summed E-state index contributed by atoms with van der Waals surface area (Å²) in [6.45, 7) is 1.92. The van der Waals surface area contributed by atoms with Crippen LogP contribution in [0.1, 0.15) is 11.1 Å². The molecular formula is C16H11N5S. The van der Waals surface area contributed by atoms with Gasteiger partial charge in [-0.15, -0.1) is 11.3 Å². The van der Waals surface area contributed by atoms with Crippen molar-refractivity contribution in [2.75, 3.05) is 5.32 Å². The zero-order valence-corrected chi connectivity index (χ0v) is 12.6. The fourth-order valence-electron chi connectivity index (χ4n) is 2.58. The van der Waals surface area contributed by atoms with Crippen LogP contribution >= 0.6 is 11.3 Å². The molecule has 0 aliphatic carbocycles. The Morgan fingerprint density at radius 2 is 2.18 bits per heavy atom. The van der Waals surface area contributed by atoms with E-state index in [2.05, 4.69) is 21.4 Å². The number of aryl methyl sites for hydroxylation is 1. The minimum absolute atomic E-state index is 0.598. The van der Waals surface area contributed by atoms with E-state index in [1.165, 1.54) is 11.3 Å². The first-order valence-electron chi connectivity index (χ1n) is 6.75. The van der Waals surface area contributed by atoms with Crippen molar-refractivity contribution >= 4 is 39.0 Å². The maximum atomic E-state index is 9.46. The molecule has 0 aliphatic heterocycles. The Bertz CT molecular complexity index is 1020. The number of benzene rings is 1. The molecule has 0 atom stereocenters. The number of thiazole rings is 1. The van der Waals surface area contributed by atoms with E-state index in [9.17, 15) is 5.26 Å². The highest BCUT2D eigenvalue weighted by molar-refractivity contribution is 7.13. The van der Waals surface area contributed by atoms with Gasteiger partial charge in [-0.05, 0) is 30.7 Å². The number of nitrogens with zero attached hydrogens (tertiary/aromatic N) is 4. The molecule has 0 radical (unpaired) electrons. The van der Waals surface area contributed by atoms with Crippen molar-refractivity contribution in [3.8, 4) is 6.07 Å². The predicted octanol–water partition coefficient (Wildman–Crippen LogP) is 3.87. The molecule has 1 aromatic carbocycles. The van der Waals surface area contributed by atoms with Gasteiger partial charge in [-0.3, -0.25) is 4.40 Å². The molecule has 22 heavy (non-hydrogen) atoms. The fourth-order valence-corrected chi connectivity index (χ4v) is 3.12. The Labute approximate surface area is 130 Å². The lowest BCUT2D eigenvalue weighted by Gasteiger charge is -2.10. The number of hydrogen-bond donors (Lipinski definition) is 1. The van der Waals surface area contributed by atoms with Gasteiger partial charge in [0.15, 0.2) is 10.8 Å². The van der Waals surface area contributed by atoms with Gasteiger partial charge < -0.3 is 5.32 Å². The fraction of sp³-hybridized carbons (Fsp3) is 0.0625. The van der Waals surface area contributed by atoms with Gasteiger partial charge in [0, 0.05) is 11.6 Å². The molecule has 4 aromatic rings. The largest absolute Gasteiger partial charge is 0.317 e. The van der Waals surface area contributed by atoms with E-state index in [0.717, 1.165) is 27.5 Å². The van der Waals surface area contributed by atoms with E-state index in [-0.39, 0.29) is 0 Å². The molecule has 5 nitrogen and oxygen atoms in total. The van der Waals surface area contributed by atoms with Crippen molar-refractivity contribution in [3.63, 3.8) is 0 Å². The van der Waals surface area contributed by atoms with Crippen molar-refractivity contribution in [2.24, 2.45) is 0 Å². The highest BCUT2D eigenvalue weighted by atomic mass is 32.1. The van der Waals surface area contributed by atoms with Gasteiger partial charge in [0.25, 0.3) is 0 Å². The van der Waals surface area contributed by atoms with E-state index < -0.39 is 0 Å². The van der Waals surface area contributed by atoms with Crippen LogP contribution in [0.4, 0.5) is 10.9 Å². The molecule has 106 valence electrons. The molecule has 0 saturated heterocycles. The minimum Gasteiger partial charge on any atom is -0.317 e. The summed E-state index contributed by atoms with van der Waals surface area (Å²) >= 11 is 1.53. The number of fused-ring (bicyclic) bond motifs is 3. The molecule has 0 amide bonds. The third kappa shape index (κ3) is 1.84. The van der Waals surface area contributed by atoms with Gasteiger partial charge in [-0.2, -0.15) is 5.26 Å². The first-order valence-corrected chi connectivity index (χ1v) is 7.63. The van der Waals surface area contributed by atoms with Crippen molar-refractivity contribution < 1.29 is 0 Å². The normalized spacial score (nSPS) is 10.9. The summed E-state index contributed by atoms with van der Waals surface area (Å²) in [5.74, 6) is 0.857. The van der Waals surface area contributed by atoms with Crippen LogP contribution in [-0.4, -0.2) is 14.4 Å². The molecule has 3 heterocycles. The maximum absolute atomic E-state index is 9.46. The highest BCUT2D eigenvalue weighted by Crippen LogP contribution is 2.28. The van der Waals surface area contributed by atoms with E-state index in [1.54, 1.807) is 6.20 Å². The number of nitriles is 1. The van der Waals surface area contributed by atoms with Gasteiger partial charge in [-0.25, -0.2) is 9.97 Å². The average molecular weight is 305 g/mol. The third-order valence-electron chi connectivity index (χ3n) is 3.55. The average Bonchev–Trinajstić information content (AvgIpc) is 3.14. The number of rotatable bonds is 2. The summed E-state index contributed by atoms with van der Waals surface area (Å²) in [4.78, 5) is 8.88. The predicted molar refractivity (Wildman–Crippen MR) is 87.5 cm³/mol. The molecular weight excluding hydrogens is 294 g/mol.